The van der Waals surface area contributed by atoms with Gasteiger partial charge in [0.25, 0.3) is 5.91 Å². The molecule has 1 amide bonds. The number of nitrogens with zero attached hydrogens (tertiary/aromatic N) is 6. The molecular formula is C18H19N7O. The lowest BCUT2D eigenvalue weighted by atomic mass is 10.2. The summed E-state index contributed by atoms with van der Waals surface area (Å²) in [6, 6.07) is 7.58. The molecule has 3 aromatic rings. The fraction of sp³-hybridized carbons (Fsp3) is 0.389. The molecule has 132 valence electrons. The van der Waals surface area contributed by atoms with Gasteiger partial charge in [0.05, 0.1) is 5.56 Å². The van der Waals surface area contributed by atoms with E-state index in [1.54, 1.807) is 24.5 Å². The topological polar surface area (TPSA) is 88.3 Å². The lowest BCUT2D eigenvalue weighted by Gasteiger charge is -2.18. The van der Waals surface area contributed by atoms with Crippen molar-refractivity contribution in [2.24, 2.45) is 0 Å². The van der Waals surface area contributed by atoms with Crippen LogP contribution in [0.4, 0.5) is 5.82 Å². The standard InChI is InChI=1S/C18H19N7O/c26-18(13-2-1-8-19-10-13)20-14-7-9-24(11-14)16-6-5-15-21-22-17(12-3-4-12)25(15)23-16/h1-2,5-6,8,10,12,14H,3-4,7,9,11H2,(H,20,26). The van der Waals surface area contributed by atoms with Crippen LogP contribution in [0.3, 0.4) is 0 Å². The second kappa shape index (κ2) is 6.05. The van der Waals surface area contributed by atoms with E-state index >= 15 is 0 Å². The molecule has 0 bridgehead atoms. The fourth-order valence-electron chi connectivity index (χ4n) is 3.41. The summed E-state index contributed by atoms with van der Waals surface area (Å²) < 4.78 is 1.87. The van der Waals surface area contributed by atoms with Crippen molar-refractivity contribution in [3.8, 4) is 0 Å². The van der Waals surface area contributed by atoms with Gasteiger partial charge in [0.15, 0.2) is 11.5 Å². The van der Waals surface area contributed by atoms with Crippen LogP contribution < -0.4 is 10.2 Å². The van der Waals surface area contributed by atoms with Crippen molar-refractivity contribution in [3.63, 3.8) is 0 Å². The third-order valence-electron chi connectivity index (χ3n) is 4.99. The van der Waals surface area contributed by atoms with Crippen LogP contribution >= 0.6 is 0 Å². The molecule has 26 heavy (non-hydrogen) atoms. The first-order valence-electron chi connectivity index (χ1n) is 8.96. The molecule has 2 aliphatic rings. The molecule has 1 aliphatic carbocycles. The van der Waals surface area contributed by atoms with Gasteiger partial charge in [-0.15, -0.1) is 15.3 Å². The first-order valence-corrected chi connectivity index (χ1v) is 8.96. The van der Waals surface area contributed by atoms with Crippen LogP contribution in [0.15, 0.2) is 36.7 Å². The molecule has 1 N–H and O–H groups in total. The maximum Gasteiger partial charge on any atom is 0.253 e. The van der Waals surface area contributed by atoms with Gasteiger partial charge >= 0.3 is 0 Å². The van der Waals surface area contributed by atoms with E-state index in [1.165, 1.54) is 12.8 Å². The summed E-state index contributed by atoms with van der Waals surface area (Å²) >= 11 is 0. The van der Waals surface area contributed by atoms with Crippen molar-refractivity contribution in [2.75, 3.05) is 18.0 Å². The summed E-state index contributed by atoms with van der Waals surface area (Å²) in [5, 5.41) is 16.3. The van der Waals surface area contributed by atoms with Gasteiger partial charge in [-0.2, -0.15) is 4.52 Å². The smallest absolute Gasteiger partial charge is 0.253 e. The molecule has 1 saturated carbocycles. The van der Waals surface area contributed by atoms with Crippen LogP contribution in [-0.4, -0.2) is 49.8 Å². The molecular weight excluding hydrogens is 330 g/mol. The van der Waals surface area contributed by atoms with Crippen LogP contribution in [0.1, 0.15) is 41.4 Å². The van der Waals surface area contributed by atoms with E-state index in [0.717, 1.165) is 36.8 Å². The Bertz CT molecular complexity index is 951. The van der Waals surface area contributed by atoms with Gasteiger partial charge in [0.1, 0.15) is 5.82 Å². The Morgan fingerprint density at radius 3 is 2.88 bits per heavy atom. The molecule has 0 spiro atoms. The van der Waals surface area contributed by atoms with E-state index in [0.29, 0.717) is 11.5 Å². The van der Waals surface area contributed by atoms with Crippen LogP contribution in [-0.2, 0) is 0 Å². The van der Waals surface area contributed by atoms with E-state index in [4.69, 9.17) is 5.10 Å². The molecule has 0 aromatic carbocycles. The highest BCUT2D eigenvalue weighted by atomic mass is 16.1. The highest BCUT2D eigenvalue weighted by Crippen LogP contribution is 2.38. The number of nitrogens with one attached hydrogen (secondary N) is 1. The van der Waals surface area contributed by atoms with Gasteiger partial charge in [-0.1, -0.05) is 0 Å². The number of anilines is 1. The quantitative estimate of drug-likeness (QED) is 0.766. The minimum absolute atomic E-state index is 0.0804. The molecule has 3 aromatic heterocycles. The van der Waals surface area contributed by atoms with Crippen molar-refractivity contribution in [2.45, 2.75) is 31.2 Å². The monoisotopic (exact) mass is 349 g/mol. The average molecular weight is 349 g/mol. The number of carbonyl (C=O) groups is 1. The number of amides is 1. The van der Waals surface area contributed by atoms with Crippen molar-refractivity contribution in [1.82, 2.24) is 30.1 Å². The van der Waals surface area contributed by atoms with Crippen LogP contribution in [0.25, 0.3) is 5.65 Å². The number of pyridine rings is 1. The zero-order chi connectivity index (χ0) is 17.5. The van der Waals surface area contributed by atoms with Gasteiger partial charge in [-0.25, -0.2) is 0 Å². The molecule has 2 fully saturated rings. The lowest BCUT2D eigenvalue weighted by Crippen LogP contribution is -2.37. The van der Waals surface area contributed by atoms with Crippen molar-refractivity contribution < 1.29 is 4.79 Å². The molecule has 1 saturated heterocycles. The minimum atomic E-state index is -0.0804. The van der Waals surface area contributed by atoms with E-state index in [-0.39, 0.29) is 11.9 Å². The summed E-state index contributed by atoms with van der Waals surface area (Å²) in [5.41, 5.74) is 1.38. The molecule has 1 unspecified atom stereocenters. The third kappa shape index (κ3) is 2.77. The molecule has 8 heteroatoms. The van der Waals surface area contributed by atoms with Crippen molar-refractivity contribution >= 4 is 17.4 Å². The maximum atomic E-state index is 12.3. The summed E-state index contributed by atoms with van der Waals surface area (Å²) in [6.45, 7) is 1.60. The first kappa shape index (κ1) is 15.2. The Labute approximate surface area is 150 Å². The largest absolute Gasteiger partial charge is 0.353 e. The number of fused-ring (bicyclic) bond motifs is 1. The van der Waals surface area contributed by atoms with Gasteiger partial charge in [0, 0.05) is 37.4 Å². The van der Waals surface area contributed by atoms with Crippen molar-refractivity contribution in [3.05, 3.63) is 48.0 Å². The molecule has 1 aliphatic heterocycles. The second-order valence-electron chi connectivity index (χ2n) is 6.94. The molecule has 4 heterocycles. The van der Waals surface area contributed by atoms with E-state index in [2.05, 4.69) is 25.4 Å². The van der Waals surface area contributed by atoms with Gasteiger partial charge < -0.3 is 10.2 Å². The SMILES string of the molecule is O=C(NC1CCN(c2ccc3nnc(C4CC4)n3n2)C1)c1cccnc1. The van der Waals surface area contributed by atoms with E-state index < -0.39 is 0 Å². The summed E-state index contributed by atoms with van der Waals surface area (Å²) in [5.74, 6) is 2.28. The van der Waals surface area contributed by atoms with Gasteiger partial charge in [0.2, 0.25) is 0 Å². The summed E-state index contributed by atoms with van der Waals surface area (Å²) in [4.78, 5) is 18.5. The molecule has 1 atom stereocenters. The zero-order valence-corrected chi connectivity index (χ0v) is 14.2. The average Bonchev–Trinajstić information content (AvgIpc) is 3.26. The normalized spacial score (nSPS) is 19.8. The summed E-state index contributed by atoms with van der Waals surface area (Å²) in [6.07, 6.45) is 6.47. The number of hydrogen-bond donors (Lipinski definition) is 1. The third-order valence-corrected chi connectivity index (χ3v) is 4.99. The summed E-state index contributed by atoms with van der Waals surface area (Å²) in [7, 11) is 0. The van der Waals surface area contributed by atoms with Crippen LogP contribution in [0.2, 0.25) is 0 Å². The molecule has 5 rings (SSSR count). The zero-order valence-electron chi connectivity index (χ0n) is 14.2. The van der Waals surface area contributed by atoms with E-state index in [9.17, 15) is 4.79 Å². The molecule has 0 radical (unpaired) electrons. The van der Waals surface area contributed by atoms with E-state index in [1.807, 2.05) is 16.6 Å². The Morgan fingerprint density at radius 1 is 1.15 bits per heavy atom. The van der Waals surface area contributed by atoms with Crippen molar-refractivity contribution in [1.29, 1.82) is 0 Å². The van der Waals surface area contributed by atoms with Crippen LogP contribution in [0, 0.1) is 0 Å². The first-order chi connectivity index (χ1) is 12.8. The number of rotatable bonds is 4. The maximum absolute atomic E-state index is 12.3. The van der Waals surface area contributed by atoms with Gasteiger partial charge in [-0.05, 0) is 43.5 Å². The lowest BCUT2D eigenvalue weighted by molar-refractivity contribution is 0.0940. The predicted molar refractivity (Wildman–Crippen MR) is 95.1 cm³/mol. The Hall–Kier alpha value is -3.03. The molecule has 8 nitrogen and oxygen atoms in total. The Balaban J connectivity index is 1.30. The van der Waals surface area contributed by atoms with Crippen LogP contribution in [0.5, 0.6) is 0 Å². The number of carbonyl (C=O) groups excluding carboxylic acids is 1. The second-order valence-corrected chi connectivity index (χ2v) is 6.94. The fourth-order valence-corrected chi connectivity index (χ4v) is 3.41. The highest BCUT2D eigenvalue weighted by molar-refractivity contribution is 5.94. The minimum Gasteiger partial charge on any atom is -0.353 e. The predicted octanol–water partition coefficient (Wildman–Crippen LogP) is 1.41. The Kier molecular flexibility index (Phi) is 3.55. The Morgan fingerprint density at radius 2 is 2.08 bits per heavy atom. The number of hydrogen-bond acceptors (Lipinski definition) is 6. The number of aromatic nitrogens is 5. The highest BCUT2D eigenvalue weighted by Gasteiger charge is 2.30. The van der Waals surface area contributed by atoms with Gasteiger partial charge in [-0.3, -0.25) is 9.78 Å².